The lowest BCUT2D eigenvalue weighted by Crippen LogP contribution is -2.56. The molecular weight excluding hydrogens is 370 g/mol. The number of carbonyl (C=O) groups excluding carboxylic acids is 1. The van der Waals surface area contributed by atoms with Gasteiger partial charge < -0.3 is 15.8 Å². The molecule has 2 fully saturated rings. The van der Waals surface area contributed by atoms with Gasteiger partial charge >= 0.3 is 0 Å². The SMILES string of the molecule is Cl.NCC1(c2ccccc2)CC(NC(=O)c2cnc(C3CCCO3)s2)C1. The minimum Gasteiger partial charge on any atom is -0.371 e. The quantitative estimate of drug-likeness (QED) is 0.817. The van der Waals surface area contributed by atoms with Gasteiger partial charge in [0, 0.05) is 24.6 Å². The largest absolute Gasteiger partial charge is 0.371 e. The third-order valence-electron chi connectivity index (χ3n) is 5.34. The van der Waals surface area contributed by atoms with Crippen LogP contribution in [0.4, 0.5) is 0 Å². The van der Waals surface area contributed by atoms with Crippen molar-refractivity contribution in [1.82, 2.24) is 10.3 Å². The van der Waals surface area contributed by atoms with Gasteiger partial charge in [0.1, 0.15) is 16.0 Å². The van der Waals surface area contributed by atoms with Gasteiger partial charge in [-0.25, -0.2) is 4.98 Å². The summed E-state index contributed by atoms with van der Waals surface area (Å²) in [4.78, 5) is 17.5. The summed E-state index contributed by atoms with van der Waals surface area (Å²) in [6.07, 6.45) is 5.57. The van der Waals surface area contributed by atoms with Crippen LogP contribution in [0, 0.1) is 0 Å². The van der Waals surface area contributed by atoms with Crippen LogP contribution in [-0.4, -0.2) is 30.1 Å². The van der Waals surface area contributed by atoms with E-state index in [1.807, 2.05) is 18.2 Å². The molecule has 1 saturated carbocycles. The Hall–Kier alpha value is -1.47. The van der Waals surface area contributed by atoms with Gasteiger partial charge in [-0.05, 0) is 31.2 Å². The number of hydrogen-bond acceptors (Lipinski definition) is 5. The van der Waals surface area contributed by atoms with Crippen LogP contribution in [0.5, 0.6) is 0 Å². The number of nitrogens with two attached hydrogens (primary N) is 1. The molecule has 4 rings (SSSR count). The maximum absolute atomic E-state index is 12.5. The Morgan fingerprint density at radius 2 is 2.12 bits per heavy atom. The average molecular weight is 394 g/mol. The van der Waals surface area contributed by atoms with E-state index in [0.717, 1.165) is 37.3 Å². The minimum atomic E-state index is -0.0366. The number of amides is 1. The Bertz CT molecular complexity index is 740. The zero-order valence-corrected chi connectivity index (χ0v) is 16.2. The highest BCUT2D eigenvalue weighted by atomic mass is 35.5. The van der Waals surface area contributed by atoms with Gasteiger partial charge in [-0.2, -0.15) is 0 Å². The fourth-order valence-corrected chi connectivity index (χ4v) is 4.77. The Labute approximate surface area is 163 Å². The van der Waals surface area contributed by atoms with Crippen molar-refractivity contribution in [1.29, 1.82) is 0 Å². The van der Waals surface area contributed by atoms with Crippen LogP contribution in [0.25, 0.3) is 0 Å². The highest BCUT2D eigenvalue weighted by Gasteiger charge is 2.45. The molecule has 1 aliphatic carbocycles. The first-order valence-electron chi connectivity index (χ1n) is 8.84. The van der Waals surface area contributed by atoms with E-state index in [0.29, 0.717) is 11.4 Å². The standard InChI is InChI=1S/C19H23N3O2S.ClH/c20-12-19(13-5-2-1-3-6-13)9-14(10-19)22-17(23)16-11-21-18(25-16)15-7-4-8-24-15;/h1-3,5-6,11,14-15H,4,7-10,12,20H2,(H,22,23);1H. The van der Waals surface area contributed by atoms with Gasteiger partial charge in [-0.15, -0.1) is 23.7 Å². The number of nitrogens with one attached hydrogen (secondary N) is 1. The molecule has 1 aromatic heterocycles. The summed E-state index contributed by atoms with van der Waals surface area (Å²) in [5.41, 5.74) is 7.30. The van der Waals surface area contributed by atoms with E-state index in [9.17, 15) is 4.79 Å². The summed E-state index contributed by atoms with van der Waals surface area (Å²) in [5, 5.41) is 4.04. The minimum absolute atomic E-state index is 0. The van der Waals surface area contributed by atoms with Crippen LogP contribution in [0.3, 0.4) is 0 Å². The second-order valence-corrected chi connectivity index (χ2v) is 8.06. The van der Waals surface area contributed by atoms with E-state index in [1.165, 1.54) is 16.9 Å². The maximum atomic E-state index is 12.5. The van der Waals surface area contributed by atoms with Crippen LogP contribution in [0.2, 0.25) is 0 Å². The molecule has 2 aliphatic rings. The van der Waals surface area contributed by atoms with Crippen LogP contribution >= 0.6 is 23.7 Å². The topological polar surface area (TPSA) is 77.2 Å². The van der Waals surface area contributed by atoms with Crippen molar-refractivity contribution < 1.29 is 9.53 Å². The molecule has 2 heterocycles. The molecular formula is C19H24ClN3O2S. The molecule has 140 valence electrons. The fourth-order valence-electron chi connectivity index (χ4n) is 3.87. The van der Waals surface area contributed by atoms with E-state index >= 15 is 0 Å². The lowest BCUT2D eigenvalue weighted by atomic mass is 9.61. The lowest BCUT2D eigenvalue weighted by molar-refractivity contribution is 0.0870. The van der Waals surface area contributed by atoms with Crippen LogP contribution < -0.4 is 11.1 Å². The van der Waals surface area contributed by atoms with Crippen LogP contribution in [-0.2, 0) is 10.2 Å². The first-order valence-corrected chi connectivity index (χ1v) is 9.66. The molecule has 0 bridgehead atoms. The van der Waals surface area contributed by atoms with Crippen molar-refractivity contribution in [3.63, 3.8) is 0 Å². The molecule has 3 N–H and O–H groups in total. The van der Waals surface area contributed by atoms with Crippen molar-refractivity contribution in [2.45, 2.75) is 43.2 Å². The number of ether oxygens (including phenoxy) is 1. The molecule has 7 heteroatoms. The third kappa shape index (κ3) is 3.64. The van der Waals surface area contributed by atoms with Crippen molar-refractivity contribution in [2.24, 2.45) is 5.73 Å². The number of hydrogen-bond donors (Lipinski definition) is 2. The highest BCUT2D eigenvalue weighted by molar-refractivity contribution is 7.13. The second kappa shape index (κ2) is 8.05. The third-order valence-corrected chi connectivity index (χ3v) is 6.43. The number of rotatable bonds is 5. The van der Waals surface area contributed by atoms with E-state index in [-0.39, 0.29) is 35.9 Å². The number of halogens is 1. The Balaban J connectivity index is 0.00000196. The first-order chi connectivity index (χ1) is 12.2. The summed E-state index contributed by atoms with van der Waals surface area (Å²) in [5.74, 6) is -0.0366. The van der Waals surface area contributed by atoms with Gasteiger partial charge in [0.25, 0.3) is 5.91 Å². The van der Waals surface area contributed by atoms with Crippen molar-refractivity contribution in [2.75, 3.05) is 13.2 Å². The molecule has 1 aliphatic heterocycles. The fraction of sp³-hybridized carbons (Fsp3) is 0.474. The first kappa shape index (κ1) is 19.3. The lowest BCUT2D eigenvalue weighted by Gasteiger charge is -2.47. The van der Waals surface area contributed by atoms with E-state index in [4.69, 9.17) is 10.5 Å². The van der Waals surface area contributed by atoms with E-state index < -0.39 is 0 Å². The van der Waals surface area contributed by atoms with E-state index in [1.54, 1.807) is 6.20 Å². The zero-order valence-electron chi connectivity index (χ0n) is 14.5. The molecule has 0 radical (unpaired) electrons. The van der Waals surface area contributed by atoms with E-state index in [2.05, 4.69) is 22.4 Å². The normalized spacial score (nSPS) is 27.4. The maximum Gasteiger partial charge on any atom is 0.263 e. The van der Waals surface area contributed by atoms with Crippen molar-refractivity contribution in [3.05, 3.63) is 52.0 Å². The van der Waals surface area contributed by atoms with Crippen LogP contribution in [0.1, 0.15) is 52.0 Å². The molecule has 0 spiro atoms. The van der Waals surface area contributed by atoms with Crippen molar-refractivity contribution in [3.8, 4) is 0 Å². The van der Waals surface area contributed by atoms with Gasteiger partial charge in [-0.3, -0.25) is 4.79 Å². The summed E-state index contributed by atoms with van der Waals surface area (Å²) in [6.45, 7) is 1.39. The molecule has 1 amide bonds. The molecule has 5 nitrogen and oxygen atoms in total. The molecule has 26 heavy (non-hydrogen) atoms. The summed E-state index contributed by atoms with van der Waals surface area (Å²) in [7, 11) is 0. The van der Waals surface area contributed by atoms with Crippen LogP contribution in [0.15, 0.2) is 36.5 Å². The smallest absolute Gasteiger partial charge is 0.263 e. The Morgan fingerprint density at radius 3 is 2.77 bits per heavy atom. The summed E-state index contributed by atoms with van der Waals surface area (Å²) < 4.78 is 5.64. The number of benzene rings is 1. The zero-order chi connectivity index (χ0) is 17.3. The van der Waals surface area contributed by atoms with Gasteiger partial charge in [0.15, 0.2) is 0 Å². The molecule has 1 unspecified atom stereocenters. The second-order valence-electron chi connectivity index (χ2n) is 6.99. The summed E-state index contributed by atoms with van der Waals surface area (Å²) >= 11 is 1.44. The Kier molecular flexibility index (Phi) is 5.97. The van der Waals surface area contributed by atoms with Gasteiger partial charge in [-0.1, -0.05) is 30.3 Å². The number of aromatic nitrogens is 1. The number of carbonyl (C=O) groups is 1. The highest BCUT2D eigenvalue weighted by Crippen LogP contribution is 2.43. The molecule has 2 aromatic rings. The molecule has 1 aromatic carbocycles. The molecule has 1 saturated heterocycles. The predicted octanol–water partition coefficient (Wildman–Crippen LogP) is 3.21. The predicted molar refractivity (Wildman–Crippen MR) is 105 cm³/mol. The van der Waals surface area contributed by atoms with Crippen molar-refractivity contribution >= 4 is 29.7 Å². The summed E-state index contributed by atoms with van der Waals surface area (Å²) in [6, 6.07) is 10.5. The van der Waals surface area contributed by atoms with Gasteiger partial charge in [0.2, 0.25) is 0 Å². The monoisotopic (exact) mass is 393 g/mol. The number of nitrogens with zero attached hydrogens (tertiary/aromatic N) is 1. The Morgan fingerprint density at radius 1 is 1.35 bits per heavy atom. The average Bonchev–Trinajstić information content (AvgIpc) is 3.29. The van der Waals surface area contributed by atoms with Gasteiger partial charge in [0.05, 0.1) is 6.20 Å². The number of thiazole rings is 1. The molecule has 1 atom stereocenters.